The fourth-order valence-corrected chi connectivity index (χ4v) is 2.29. The van der Waals surface area contributed by atoms with Gasteiger partial charge >= 0.3 is 12.1 Å². The Kier molecular flexibility index (Phi) is 7.23. The molecule has 1 aromatic rings. The number of carbonyl (C=O) groups is 2. The zero-order valence-electron chi connectivity index (χ0n) is 11.7. The van der Waals surface area contributed by atoms with Crippen molar-refractivity contribution in [3.8, 4) is 0 Å². The van der Waals surface area contributed by atoms with Crippen molar-refractivity contribution in [2.24, 2.45) is 0 Å². The molecule has 4 nitrogen and oxygen atoms in total. The molecule has 0 saturated heterocycles. The molecule has 0 fully saturated rings. The summed E-state index contributed by atoms with van der Waals surface area (Å²) in [4.78, 5) is 22.3. The molecule has 0 aliphatic rings. The molecule has 0 heterocycles. The smallest absolute Gasteiger partial charge is 0.389 e. The molecule has 0 unspecified atom stereocenters. The number of benzene rings is 1. The van der Waals surface area contributed by atoms with Crippen LogP contribution in [0.4, 0.5) is 13.2 Å². The molecule has 0 radical (unpaired) electrons. The molecule has 1 rings (SSSR count). The largest absolute Gasteiger partial charge is 0.481 e. The molecule has 0 saturated carbocycles. The highest BCUT2D eigenvalue weighted by molar-refractivity contribution is 7.99. The third-order valence-corrected chi connectivity index (χ3v) is 3.64. The maximum atomic E-state index is 12.3. The van der Waals surface area contributed by atoms with Gasteiger partial charge in [-0.15, -0.1) is 11.8 Å². The summed E-state index contributed by atoms with van der Waals surface area (Å²) in [5.41, 5.74) is 0.561. The van der Waals surface area contributed by atoms with Crippen LogP contribution < -0.4 is 5.32 Å². The minimum Gasteiger partial charge on any atom is -0.481 e. The van der Waals surface area contributed by atoms with E-state index in [4.69, 9.17) is 5.11 Å². The van der Waals surface area contributed by atoms with Crippen molar-refractivity contribution in [1.82, 2.24) is 5.32 Å². The molecule has 0 spiro atoms. The van der Waals surface area contributed by atoms with Crippen molar-refractivity contribution >= 4 is 23.6 Å². The Labute approximate surface area is 130 Å². The van der Waals surface area contributed by atoms with Crippen LogP contribution in [0.2, 0.25) is 0 Å². The molecule has 1 amide bonds. The van der Waals surface area contributed by atoms with Gasteiger partial charge in [-0.05, 0) is 18.1 Å². The van der Waals surface area contributed by atoms with Crippen LogP contribution in [0.1, 0.15) is 22.3 Å². The first kappa shape index (κ1) is 18.3. The monoisotopic (exact) mass is 335 g/mol. The standard InChI is InChI=1S/C14H16F3NO3S/c15-14(16,17)6-5-10-3-1-2-4-11(10)13(21)18-7-8-22-9-12(19)20/h1-4H,5-9H2,(H,18,21)(H,19,20). The molecular formula is C14H16F3NO3S. The summed E-state index contributed by atoms with van der Waals surface area (Å²) in [6, 6.07) is 6.15. The summed E-state index contributed by atoms with van der Waals surface area (Å²) in [6.07, 6.45) is -5.50. The highest BCUT2D eigenvalue weighted by atomic mass is 32.2. The van der Waals surface area contributed by atoms with Crippen molar-refractivity contribution in [1.29, 1.82) is 0 Å². The highest BCUT2D eigenvalue weighted by Gasteiger charge is 2.27. The van der Waals surface area contributed by atoms with Crippen molar-refractivity contribution < 1.29 is 27.9 Å². The van der Waals surface area contributed by atoms with Crippen LogP contribution >= 0.6 is 11.8 Å². The third kappa shape index (κ3) is 7.35. The summed E-state index contributed by atoms with van der Waals surface area (Å²) >= 11 is 1.15. The fraction of sp³-hybridized carbons (Fsp3) is 0.429. The number of nitrogens with one attached hydrogen (secondary N) is 1. The number of aryl methyl sites for hydroxylation is 1. The number of alkyl halides is 3. The van der Waals surface area contributed by atoms with E-state index < -0.39 is 24.5 Å². The van der Waals surface area contributed by atoms with Gasteiger partial charge in [0, 0.05) is 24.3 Å². The van der Waals surface area contributed by atoms with E-state index in [1.807, 2.05) is 0 Å². The molecule has 0 atom stereocenters. The van der Waals surface area contributed by atoms with Crippen LogP contribution in [-0.2, 0) is 11.2 Å². The van der Waals surface area contributed by atoms with Gasteiger partial charge in [0.15, 0.2) is 0 Å². The van der Waals surface area contributed by atoms with Crippen LogP contribution in [0.25, 0.3) is 0 Å². The van der Waals surface area contributed by atoms with Gasteiger partial charge in [-0.25, -0.2) is 0 Å². The molecule has 2 N–H and O–H groups in total. The second-order valence-electron chi connectivity index (χ2n) is 4.47. The number of thioether (sulfide) groups is 1. The van der Waals surface area contributed by atoms with E-state index in [0.29, 0.717) is 11.3 Å². The predicted octanol–water partition coefficient (Wildman–Crippen LogP) is 2.73. The first-order valence-electron chi connectivity index (χ1n) is 6.52. The Balaban J connectivity index is 2.52. The van der Waals surface area contributed by atoms with Crippen molar-refractivity contribution in [2.45, 2.75) is 19.0 Å². The van der Waals surface area contributed by atoms with Gasteiger partial charge in [0.05, 0.1) is 5.75 Å². The van der Waals surface area contributed by atoms with Gasteiger partial charge in [0.1, 0.15) is 0 Å². The molecule has 0 bridgehead atoms. The van der Waals surface area contributed by atoms with Crippen LogP contribution in [0.3, 0.4) is 0 Å². The Morgan fingerprint density at radius 3 is 2.55 bits per heavy atom. The number of carboxylic acids is 1. The van der Waals surface area contributed by atoms with Gasteiger partial charge in [-0.3, -0.25) is 9.59 Å². The molecular weight excluding hydrogens is 319 g/mol. The summed E-state index contributed by atoms with van der Waals surface area (Å²) < 4.78 is 36.8. The summed E-state index contributed by atoms with van der Waals surface area (Å²) in [5.74, 6) is -1.02. The normalized spacial score (nSPS) is 11.2. The average molecular weight is 335 g/mol. The number of rotatable bonds is 8. The maximum absolute atomic E-state index is 12.3. The van der Waals surface area contributed by atoms with Gasteiger partial charge in [0.25, 0.3) is 5.91 Å². The molecule has 0 aliphatic heterocycles. The summed E-state index contributed by atoms with van der Waals surface area (Å²) in [6.45, 7) is 0.254. The second kappa shape index (κ2) is 8.67. The fourth-order valence-electron chi connectivity index (χ4n) is 1.73. The van der Waals surface area contributed by atoms with Crippen molar-refractivity contribution in [2.75, 3.05) is 18.1 Å². The van der Waals surface area contributed by atoms with E-state index in [9.17, 15) is 22.8 Å². The number of halogens is 3. The number of hydrogen-bond acceptors (Lipinski definition) is 3. The Morgan fingerprint density at radius 2 is 1.91 bits per heavy atom. The first-order chi connectivity index (χ1) is 10.3. The van der Waals surface area contributed by atoms with E-state index in [-0.39, 0.29) is 24.3 Å². The van der Waals surface area contributed by atoms with Gasteiger partial charge < -0.3 is 10.4 Å². The lowest BCUT2D eigenvalue weighted by Gasteiger charge is -2.11. The molecule has 0 aromatic heterocycles. The molecule has 22 heavy (non-hydrogen) atoms. The van der Waals surface area contributed by atoms with Gasteiger partial charge in [-0.1, -0.05) is 18.2 Å². The maximum Gasteiger partial charge on any atom is 0.389 e. The number of carboxylic acid groups (broad SMARTS) is 1. The summed E-state index contributed by atoms with van der Waals surface area (Å²) in [7, 11) is 0. The third-order valence-electron chi connectivity index (χ3n) is 2.70. The molecule has 122 valence electrons. The van der Waals surface area contributed by atoms with E-state index >= 15 is 0 Å². The molecule has 1 aromatic carbocycles. The predicted molar refractivity (Wildman–Crippen MR) is 78.1 cm³/mol. The van der Waals surface area contributed by atoms with Crippen LogP contribution in [0.15, 0.2) is 24.3 Å². The topological polar surface area (TPSA) is 66.4 Å². The van der Waals surface area contributed by atoms with E-state index in [2.05, 4.69) is 5.32 Å². The Morgan fingerprint density at radius 1 is 1.23 bits per heavy atom. The first-order valence-corrected chi connectivity index (χ1v) is 7.67. The number of carbonyl (C=O) groups excluding carboxylic acids is 1. The zero-order chi connectivity index (χ0) is 16.6. The molecule has 0 aliphatic carbocycles. The summed E-state index contributed by atoms with van der Waals surface area (Å²) in [5, 5.41) is 11.0. The average Bonchev–Trinajstić information content (AvgIpc) is 2.43. The lowest BCUT2D eigenvalue weighted by molar-refractivity contribution is -0.134. The SMILES string of the molecule is O=C(O)CSCCNC(=O)c1ccccc1CCC(F)(F)F. The van der Waals surface area contributed by atoms with Gasteiger partial charge in [-0.2, -0.15) is 13.2 Å². The minimum atomic E-state index is -4.27. The van der Waals surface area contributed by atoms with Crippen LogP contribution in [0.5, 0.6) is 0 Å². The van der Waals surface area contributed by atoms with E-state index in [1.165, 1.54) is 12.1 Å². The highest BCUT2D eigenvalue weighted by Crippen LogP contribution is 2.23. The van der Waals surface area contributed by atoms with Crippen LogP contribution in [0, 0.1) is 0 Å². The van der Waals surface area contributed by atoms with Crippen molar-refractivity contribution in [3.63, 3.8) is 0 Å². The number of amides is 1. The van der Waals surface area contributed by atoms with E-state index in [1.54, 1.807) is 12.1 Å². The number of aliphatic carboxylic acids is 1. The van der Waals surface area contributed by atoms with Crippen molar-refractivity contribution in [3.05, 3.63) is 35.4 Å². The number of hydrogen-bond donors (Lipinski definition) is 2. The lowest BCUT2D eigenvalue weighted by Crippen LogP contribution is -2.27. The molecule has 8 heteroatoms. The second-order valence-corrected chi connectivity index (χ2v) is 5.58. The minimum absolute atomic E-state index is 0.0575. The Hall–Kier alpha value is -1.70. The zero-order valence-corrected chi connectivity index (χ0v) is 12.5. The van der Waals surface area contributed by atoms with Crippen LogP contribution in [-0.4, -0.2) is 41.2 Å². The quantitative estimate of drug-likeness (QED) is 0.717. The lowest BCUT2D eigenvalue weighted by atomic mass is 10.0. The van der Waals surface area contributed by atoms with E-state index in [0.717, 1.165) is 11.8 Å². The Bertz CT molecular complexity index is 520. The van der Waals surface area contributed by atoms with Gasteiger partial charge in [0.2, 0.25) is 0 Å².